The lowest BCUT2D eigenvalue weighted by molar-refractivity contribution is 0.290. The number of hydrogen-bond donors (Lipinski definition) is 1. The highest BCUT2D eigenvalue weighted by atomic mass is 16.5. The first-order chi connectivity index (χ1) is 9.33. The van der Waals surface area contributed by atoms with E-state index in [9.17, 15) is 0 Å². The van der Waals surface area contributed by atoms with Crippen LogP contribution >= 0.6 is 0 Å². The Balaban J connectivity index is 1.99. The van der Waals surface area contributed by atoms with Gasteiger partial charge >= 0.3 is 0 Å². The summed E-state index contributed by atoms with van der Waals surface area (Å²) in [5, 5.41) is 0. The van der Waals surface area contributed by atoms with Crippen LogP contribution in [0.4, 0.5) is 0 Å². The van der Waals surface area contributed by atoms with Crippen molar-refractivity contribution < 1.29 is 4.74 Å². The number of hydrogen-bond acceptors (Lipinski definition) is 2. The quantitative estimate of drug-likeness (QED) is 0.859. The molecule has 2 nitrogen and oxygen atoms in total. The first-order valence-corrected chi connectivity index (χ1v) is 6.80. The molecule has 0 saturated heterocycles. The third-order valence-electron chi connectivity index (χ3n) is 3.34. The van der Waals surface area contributed by atoms with Crippen LogP contribution in [0, 0.1) is 0 Å². The second-order valence-corrected chi connectivity index (χ2v) is 4.65. The van der Waals surface area contributed by atoms with E-state index >= 15 is 0 Å². The number of para-hydroxylation sites is 1. The monoisotopic (exact) mass is 255 g/mol. The summed E-state index contributed by atoms with van der Waals surface area (Å²) < 4.78 is 5.79. The summed E-state index contributed by atoms with van der Waals surface area (Å²) in [5.74, 6) is 1.14. The fourth-order valence-corrected chi connectivity index (χ4v) is 2.04. The van der Waals surface area contributed by atoms with Gasteiger partial charge < -0.3 is 10.5 Å². The highest BCUT2D eigenvalue weighted by Gasteiger charge is 2.10. The van der Waals surface area contributed by atoms with Crippen LogP contribution in [0.5, 0.6) is 5.75 Å². The van der Waals surface area contributed by atoms with Crippen molar-refractivity contribution in [2.75, 3.05) is 13.2 Å². The molecule has 0 amide bonds. The second-order valence-electron chi connectivity index (χ2n) is 4.65. The molecule has 1 unspecified atom stereocenters. The fourth-order valence-electron chi connectivity index (χ4n) is 2.04. The van der Waals surface area contributed by atoms with Crippen LogP contribution in [0.3, 0.4) is 0 Å². The van der Waals surface area contributed by atoms with Crippen LogP contribution in [0.2, 0.25) is 0 Å². The molecular weight excluding hydrogens is 234 g/mol. The maximum atomic E-state index is 5.86. The molecule has 100 valence electrons. The van der Waals surface area contributed by atoms with Crippen molar-refractivity contribution in [3.8, 4) is 5.75 Å². The van der Waals surface area contributed by atoms with E-state index in [2.05, 4.69) is 31.2 Å². The molecule has 0 spiro atoms. The molecule has 0 aliphatic carbocycles. The van der Waals surface area contributed by atoms with Crippen LogP contribution in [0.15, 0.2) is 54.6 Å². The highest BCUT2D eigenvalue weighted by molar-refractivity contribution is 5.26. The molecule has 2 heteroatoms. The van der Waals surface area contributed by atoms with E-state index in [1.165, 1.54) is 11.1 Å². The van der Waals surface area contributed by atoms with Gasteiger partial charge in [-0.3, -0.25) is 0 Å². The Morgan fingerprint density at radius 1 is 1.00 bits per heavy atom. The molecule has 0 aliphatic rings. The minimum absolute atomic E-state index is 0.242. The lowest BCUT2D eigenvalue weighted by Gasteiger charge is -2.16. The van der Waals surface area contributed by atoms with Crippen molar-refractivity contribution >= 4 is 0 Å². The molecular formula is C17H21NO. The molecule has 0 radical (unpaired) electrons. The standard InChI is InChI=1S/C17H21NO/c1-2-14-8-10-15(11-9-14)16(12-18)13-19-17-6-4-3-5-7-17/h3-11,16H,2,12-13,18H2,1H3. The van der Waals surface area contributed by atoms with E-state index in [-0.39, 0.29) is 5.92 Å². The minimum Gasteiger partial charge on any atom is -0.493 e. The largest absolute Gasteiger partial charge is 0.493 e. The predicted molar refractivity (Wildman–Crippen MR) is 79.6 cm³/mol. The summed E-state index contributed by atoms with van der Waals surface area (Å²) in [5.41, 5.74) is 8.46. The summed E-state index contributed by atoms with van der Waals surface area (Å²) in [6.07, 6.45) is 1.06. The Labute approximate surface area is 115 Å². The lowest BCUT2D eigenvalue weighted by Crippen LogP contribution is -2.19. The average molecular weight is 255 g/mol. The van der Waals surface area contributed by atoms with E-state index in [1.54, 1.807) is 0 Å². The first kappa shape index (κ1) is 13.6. The third kappa shape index (κ3) is 3.83. The van der Waals surface area contributed by atoms with Crippen molar-refractivity contribution in [2.45, 2.75) is 19.3 Å². The Bertz CT molecular complexity index is 478. The molecule has 1 atom stereocenters. The van der Waals surface area contributed by atoms with Gasteiger partial charge in [0.15, 0.2) is 0 Å². The molecule has 0 fully saturated rings. The van der Waals surface area contributed by atoms with Gasteiger partial charge in [0.05, 0.1) is 6.61 Å². The van der Waals surface area contributed by atoms with Crippen molar-refractivity contribution in [3.63, 3.8) is 0 Å². The summed E-state index contributed by atoms with van der Waals surface area (Å²) in [4.78, 5) is 0. The van der Waals surface area contributed by atoms with Crippen LogP contribution in [0.1, 0.15) is 24.0 Å². The lowest BCUT2D eigenvalue weighted by atomic mass is 9.98. The fraction of sp³-hybridized carbons (Fsp3) is 0.294. The maximum Gasteiger partial charge on any atom is 0.119 e. The summed E-state index contributed by atoms with van der Waals surface area (Å²) in [7, 11) is 0. The average Bonchev–Trinajstić information content (AvgIpc) is 2.49. The van der Waals surface area contributed by atoms with E-state index in [0.717, 1.165) is 12.2 Å². The summed E-state index contributed by atoms with van der Waals surface area (Å²) >= 11 is 0. The predicted octanol–water partition coefficient (Wildman–Crippen LogP) is 3.37. The van der Waals surface area contributed by atoms with E-state index < -0.39 is 0 Å². The van der Waals surface area contributed by atoms with Gasteiger partial charge in [0.1, 0.15) is 5.75 Å². The van der Waals surface area contributed by atoms with Crippen LogP contribution < -0.4 is 10.5 Å². The highest BCUT2D eigenvalue weighted by Crippen LogP contribution is 2.18. The van der Waals surface area contributed by atoms with E-state index in [1.807, 2.05) is 30.3 Å². The van der Waals surface area contributed by atoms with Crippen LogP contribution in [-0.2, 0) is 6.42 Å². The van der Waals surface area contributed by atoms with Gasteiger partial charge in [0.2, 0.25) is 0 Å². The molecule has 0 heterocycles. The zero-order valence-corrected chi connectivity index (χ0v) is 11.4. The van der Waals surface area contributed by atoms with E-state index in [4.69, 9.17) is 10.5 Å². The van der Waals surface area contributed by atoms with Gasteiger partial charge in [-0.1, -0.05) is 49.4 Å². The number of nitrogens with two attached hydrogens (primary N) is 1. The van der Waals surface area contributed by atoms with Crippen molar-refractivity contribution in [1.29, 1.82) is 0 Å². The first-order valence-electron chi connectivity index (χ1n) is 6.80. The smallest absolute Gasteiger partial charge is 0.119 e. The zero-order chi connectivity index (χ0) is 13.5. The summed E-state index contributed by atoms with van der Waals surface area (Å²) in [6.45, 7) is 3.37. The Hall–Kier alpha value is -1.80. The number of benzene rings is 2. The zero-order valence-electron chi connectivity index (χ0n) is 11.4. The van der Waals surface area contributed by atoms with Gasteiger partial charge in [-0.2, -0.15) is 0 Å². The Kier molecular flexibility index (Phi) is 4.99. The van der Waals surface area contributed by atoms with Crippen LogP contribution in [0.25, 0.3) is 0 Å². The molecule has 0 saturated carbocycles. The van der Waals surface area contributed by atoms with Gasteiger partial charge in [-0.05, 0) is 29.7 Å². The Morgan fingerprint density at radius 2 is 1.68 bits per heavy atom. The number of ether oxygens (including phenoxy) is 1. The molecule has 2 aromatic rings. The molecule has 0 aromatic heterocycles. The molecule has 0 bridgehead atoms. The molecule has 2 N–H and O–H groups in total. The number of aryl methyl sites for hydroxylation is 1. The minimum atomic E-state index is 0.242. The van der Waals surface area contributed by atoms with Crippen LogP contribution in [-0.4, -0.2) is 13.2 Å². The maximum absolute atomic E-state index is 5.86. The van der Waals surface area contributed by atoms with E-state index in [0.29, 0.717) is 13.2 Å². The molecule has 19 heavy (non-hydrogen) atoms. The molecule has 2 aromatic carbocycles. The van der Waals surface area contributed by atoms with Gasteiger partial charge in [-0.15, -0.1) is 0 Å². The van der Waals surface area contributed by atoms with Crippen molar-refractivity contribution in [2.24, 2.45) is 5.73 Å². The SMILES string of the molecule is CCc1ccc(C(CN)COc2ccccc2)cc1. The molecule has 0 aliphatic heterocycles. The topological polar surface area (TPSA) is 35.2 Å². The van der Waals surface area contributed by atoms with Gasteiger partial charge in [0.25, 0.3) is 0 Å². The molecule has 2 rings (SSSR count). The van der Waals surface area contributed by atoms with Crippen molar-refractivity contribution in [1.82, 2.24) is 0 Å². The third-order valence-corrected chi connectivity index (χ3v) is 3.34. The second kappa shape index (κ2) is 6.95. The normalized spacial score (nSPS) is 12.1. The van der Waals surface area contributed by atoms with Gasteiger partial charge in [-0.25, -0.2) is 0 Å². The summed E-state index contributed by atoms with van der Waals surface area (Å²) in [6, 6.07) is 18.5. The van der Waals surface area contributed by atoms with Gasteiger partial charge in [0, 0.05) is 12.5 Å². The van der Waals surface area contributed by atoms with Crippen molar-refractivity contribution in [3.05, 3.63) is 65.7 Å². The number of rotatable bonds is 6. The Morgan fingerprint density at radius 3 is 2.26 bits per heavy atom.